The fourth-order valence-corrected chi connectivity index (χ4v) is 4.03. The monoisotopic (exact) mass is 349 g/mol. The summed E-state index contributed by atoms with van der Waals surface area (Å²) in [5.74, 6) is 0.126. The quantitative estimate of drug-likeness (QED) is 0.659. The van der Waals surface area contributed by atoms with Crippen molar-refractivity contribution < 1.29 is 4.79 Å². The second-order valence-electron chi connectivity index (χ2n) is 7.46. The minimum atomic E-state index is 0.126. The largest absolute Gasteiger partial charge is 0.340 e. The summed E-state index contributed by atoms with van der Waals surface area (Å²) >= 11 is 0. The molecule has 0 aliphatic carbocycles. The van der Waals surface area contributed by atoms with Gasteiger partial charge in [0.2, 0.25) is 0 Å². The number of hydrogen-bond donors (Lipinski definition) is 0. The number of carbonyl (C=O) groups excluding carboxylic acids is 1. The van der Waals surface area contributed by atoms with Crippen molar-refractivity contribution in [3.8, 4) is 0 Å². The second kappa shape index (κ2) is 7.22. The van der Waals surface area contributed by atoms with Crippen LogP contribution in [0.4, 0.5) is 0 Å². The fraction of sp³-hybridized carbons (Fsp3) is 0.409. The normalized spacial score (nSPS) is 16.5. The average molecular weight is 349 g/mol. The second-order valence-corrected chi connectivity index (χ2v) is 7.46. The molecular weight excluding hydrogens is 322 g/mol. The Labute approximate surface area is 155 Å². The molecule has 0 bridgehead atoms. The predicted molar refractivity (Wildman–Crippen MR) is 108 cm³/mol. The van der Waals surface area contributed by atoms with E-state index in [1.54, 1.807) is 6.92 Å². The van der Waals surface area contributed by atoms with Crippen molar-refractivity contribution in [3.63, 3.8) is 0 Å². The van der Waals surface area contributed by atoms with Crippen molar-refractivity contribution in [2.45, 2.75) is 19.9 Å². The zero-order chi connectivity index (χ0) is 18.1. The molecule has 0 radical (unpaired) electrons. The molecule has 136 valence electrons. The molecule has 0 amide bonds. The topological polar surface area (TPSA) is 28.5 Å². The van der Waals surface area contributed by atoms with Crippen LogP contribution < -0.4 is 0 Å². The van der Waals surface area contributed by atoms with Crippen LogP contribution >= 0.6 is 0 Å². The van der Waals surface area contributed by atoms with Gasteiger partial charge in [-0.05, 0) is 39.1 Å². The number of aryl methyl sites for hydroxylation is 1. The van der Waals surface area contributed by atoms with E-state index >= 15 is 0 Å². The summed E-state index contributed by atoms with van der Waals surface area (Å²) in [4.78, 5) is 16.8. The van der Waals surface area contributed by atoms with Crippen molar-refractivity contribution in [1.82, 2.24) is 14.4 Å². The van der Waals surface area contributed by atoms with Crippen LogP contribution in [0.5, 0.6) is 0 Å². The maximum Gasteiger partial charge on any atom is 0.159 e. The Morgan fingerprint density at radius 1 is 0.923 bits per heavy atom. The first-order chi connectivity index (χ1) is 12.6. The van der Waals surface area contributed by atoms with Crippen LogP contribution in [0.1, 0.15) is 23.7 Å². The molecule has 1 aliphatic heterocycles. The van der Waals surface area contributed by atoms with E-state index in [9.17, 15) is 4.79 Å². The fourth-order valence-electron chi connectivity index (χ4n) is 4.03. The van der Waals surface area contributed by atoms with Gasteiger partial charge in [0.05, 0.1) is 0 Å². The number of hydrogen-bond acceptors (Lipinski definition) is 3. The Balaban J connectivity index is 1.61. The molecule has 2 aromatic carbocycles. The van der Waals surface area contributed by atoms with Gasteiger partial charge in [0.15, 0.2) is 5.78 Å². The Bertz CT molecular complexity index is 935. The van der Waals surface area contributed by atoms with E-state index in [-0.39, 0.29) is 5.78 Å². The standard InChI is InChI=1S/C22H27N3O/c1-17(26)18-8-9-20-19-6-3-4-7-21(19)25(22(20)16-18)11-5-10-24-14-12-23(2)13-15-24/h3-4,6-9,16H,5,10-15H2,1-2H3. The van der Waals surface area contributed by atoms with Crippen molar-refractivity contribution in [2.75, 3.05) is 39.8 Å². The van der Waals surface area contributed by atoms with Crippen molar-refractivity contribution in [3.05, 3.63) is 48.0 Å². The van der Waals surface area contributed by atoms with Gasteiger partial charge in [-0.25, -0.2) is 0 Å². The predicted octanol–water partition coefficient (Wildman–Crippen LogP) is 3.63. The molecule has 4 nitrogen and oxygen atoms in total. The summed E-state index contributed by atoms with van der Waals surface area (Å²) < 4.78 is 2.40. The van der Waals surface area contributed by atoms with Gasteiger partial charge in [0.25, 0.3) is 0 Å². The number of piperazine rings is 1. The summed E-state index contributed by atoms with van der Waals surface area (Å²) in [6.45, 7) is 8.42. The van der Waals surface area contributed by atoms with Gasteiger partial charge >= 0.3 is 0 Å². The van der Waals surface area contributed by atoms with Gasteiger partial charge in [0, 0.05) is 60.1 Å². The first-order valence-corrected chi connectivity index (χ1v) is 9.56. The molecule has 3 aromatic rings. The smallest absolute Gasteiger partial charge is 0.159 e. The molecule has 1 fully saturated rings. The Morgan fingerprint density at radius 3 is 2.42 bits per heavy atom. The summed E-state index contributed by atoms with van der Waals surface area (Å²) in [5.41, 5.74) is 3.24. The van der Waals surface area contributed by atoms with E-state index in [1.165, 1.54) is 21.8 Å². The van der Waals surface area contributed by atoms with Crippen LogP contribution in [0, 0.1) is 0 Å². The lowest BCUT2D eigenvalue weighted by molar-refractivity contribution is 0.101. The van der Waals surface area contributed by atoms with Gasteiger partial charge in [-0.15, -0.1) is 0 Å². The highest BCUT2D eigenvalue weighted by Gasteiger charge is 2.15. The number of likely N-dealkylation sites (N-methyl/N-ethyl adjacent to an activating group) is 1. The number of fused-ring (bicyclic) bond motifs is 3. The van der Waals surface area contributed by atoms with Crippen LogP contribution in [0.15, 0.2) is 42.5 Å². The van der Waals surface area contributed by atoms with E-state index in [1.807, 2.05) is 6.07 Å². The third-order valence-corrected chi connectivity index (χ3v) is 5.63. The van der Waals surface area contributed by atoms with Crippen molar-refractivity contribution in [1.29, 1.82) is 0 Å². The van der Waals surface area contributed by atoms with E-state index in [0.29, 0.717) is 0 Å². The molecule has 4 rings (SSSR count). The van der Waals surface area contributed by atoms with E-state index in [2.05, 4.69) is 57.8 Å². The zero-order valence-corrected chi connectivity index (χ0v) is 15.7. The third kappa shape index (κ3) is 3.27. The maximum atomic E-state index is 11.8. The molecule has 0 spiro atoms. The molecule has 26 heavy (non-hydrogen) atoms. The van der Waals surface area contributed by atoms with Crippen LogP contribution in [-0.2, 0) is 6.54 Å². The lowest BCUT2D eigenvalue weighted by atomic mass is 10.1. The number of ketones is 1. The highest BCUT2D eigenvalue weighted by molar-refractivity contribution is 6.10. The van der Waals surface area contributed by atoms with Crippen LogP contribution in [0.25, 0.3) is 21.8 Å². The van der Waals surface area contributed by atoms with Gasteiger partial charge in [-0.2, -0.15) is 0 Å². The molecule has 4 heteroatoms. The highest BCUT2D eigenvalue weighted by Crippen LogP contribution is 2.30. The molecule has 1 aliphatic rings. The van der Waals surface area contributed by atoms with Gasteiger partial charge in [-0.1, -0.05) is 30.3 Å². The summed E-state index contributed by atoms with van der Waals surface area (Å²) in [6, 6.07) is 14.7. The highest BCUT2D eigenvalue weighted by atomic mass is 16.1. The summed E-state index contributed by atoms with van der Waals surface area (Å²) in [7, 11) is 2.20. The van der Waals surface area contributed by atoms with Crippen LogP contribution in [-0.4, -0.2) is 59.9 Å². The molecule has 1 saturated heterocycles. The number of nitrogens with zero attached hydrogens (tertiary/aromatic N) is 3. The molecule has 0 N–H and O–H groups in total. The maximum absolute atomic E-state index is 11.8. The molecule has 0 unspecified atom stereocenters. The minimum Gasteiger partial charge on any atom is -0.340 e. The first-order valence-electron chi connectivity index (χ1n) is 9.56. The van der Waals surface area contributed by atoms with Gasteiger partial charge < -0.3 is 14.4 Å². The Hall–Kier alpha value is -2.17. The SMILES string of the molecule is CC(=O)c1ccc2c3ccccc3n(CCCN3CCN(C)CC3)c2c1. The molecule has 2 heterocycles. The molecule has 1 aromatic heterocycles. The number of rotatable bonds is 5. The number of carbonyl (C=O) groups is 1. The van der Waals surface area contributed by atoms with Gasteiger partial charge in [-0.3, -0.25) is 4.79 Å². The molecule has 0 atom stereocenters. The van der Waals surface area contributed by atoms with Gasteiger partial charge in [0.1, 0.15) is 0 Å². The van der Waals surface area contributed by atoms with E-state index in [4.69, 9.17) is 0 Å². The van der Waals surface area contributed by atoms with E-state index in [0.717, 1.165) is 51.3 Å². The number of Topliss-reactive ketones (excluding diaryl/α,β-unsaturated/α-hetero) is 1. The average Bonchev–Trinajstić information content (AvgIpc) is 2.97. The Morgan fingerprint density at radius 2 is 1.65 bits per heavy atom. The minimum absolute atomic E-state index is 0.126. The summed E-state index contributed by atoms with van der Waals surface area (Å²) in [6.07, 6.45) is 1.13. The van der Waals surface area contributed by atoms with Crippen molar-refractivity contribution in [2.24, 2.45) is 0 Å². The third-order valence-electron chi connectivity index (χ3n) is 5.63. The van der Waals surface area contributed by atoms with Crippen LogP contribution in [0.3, 0.4) is 0 Å². The summed E-state index contributed by atoms with van der Waals surface area (Å²) in [5, 5.41) is 2.52. The van der Waals surface area contributed by atoms with Crippen LogP contribution in [0.2, 0.25) is 0 Å². The lowest BCUT2D eigenvalue weighted by Gasteiger charge is -2.32. The molecular formula is C22H27N3O. The first kappa shape index (κ1) is 17.3. The lowest BCUT2D eigenvalue weighted by Crippen LogP contribution is -2.44. The number of para-hydroxylation sites is 1. The van der Waals surface area contributed by atoms with Crippen molar-refractivity contribution >= 4 is 27.6 Å². The number of aromatic nitrogens is 1. The molecule has 0 saturated carbocycles. The van der Waals surface area contributed by atoms with E-state index < -0.39 is 0 Å². The number of benzene rings is 2. The zero-order valence-electron chi connectivity index (χ0n) is 15.7. The Kier molecular flexibility index (Phi) is 4.79.